The van der Waals surface area contributed by atoms with Crippen molar-refractivity contribution in [2.24, 2.45) is 0 Å². The van der Waals surface area contributed by atoms with Crippen molar-refractivity contribution in [3.05, 3.63) is 87.6 Å². The molecule has 1 aromatic carbocycles. The average Bonchev–Trinajstić information content (AvgIpc) is 3.14. The van der Waals surface area contributed by atoms with E-state index < -0.39 is 0 Å². The van der Waals surface area contributed by atoms with Crippen molar-refractivity contribution in [2.75, 3.05) is 5.32 Å². The molecule has 0 atom stereocenters. The predicted molar refractivity (Wildman–Crippen MR) is 117 cm³/mol. The monoisotopic (exact) mass is 421 g/mol. The highest BCUT2D eigenvalue weighted by molar-refractivity contribution is 6.31. The topological polar surface area (TPSA) is 81.8 Å². The smallest absolute Gasteiger partial charge is 0.257 e. The Labute approximate surface area is 177 Å². The van der Waals surface area contributed by atoms with E-state index in [-0.39, 0.29) is 24.1 Å². The number of hydrogen-bond donors (Lipinski definition) is 1. The second-order valence-electron chi connectivity index (χ2n) is 7.25. The van der Waals surface area contributed by atoms with Crippen molar-refractivity contribution in [1.29, 1.82) is 0 Å². The van der Waals surface area contributed by atoms with Gasteiger partial charge in [-0.25, -0.2) is 9.67 Å². The fourth-order valence-electron chi connectivity index (χ4n) is 3.19. The second kappa shape index (κ2) is 8.12. The number of hydrogen-bond acceptors (Lipinski definition) is 4. The summed E-state index contributed by atoms with van der Waals surface area (Å²) in [5, 5.41) is 8.57. The predicted octanol–water partition coefficient (Wildman–Crippen LogP) is 4.13. The van der Waals surface area contributed by atoms with Crippen molar-refractivity contribution < 1.29 is 4.79 Å². The van der Waals surface area contributed by atoms with Crippen molar-refractivity contribution in [3.8, 4) is 0 Å². The summed E-state index contributed by atoms with van der Waals surface area (Å²) in [7, 11) is 0. The number of benzene rings is 1. The first kappa shape index (κ1) is 19.8. The van der Waals surface area contributed by atoms with Gasteiger partial charge in [0.15, 0.2) is 5.65 Å². The number of pyridine rings is 2. The van der Waals surface area contributed by atoms with Crippen molar-refractivity contribution >= 4 is 34.2 Å². The summed E-state index contributed by atoms with van der Waals surface area (Å²) in [5.74, 6) is -0.333. The molecule has 8 heteroatoms. The lowest BCUT2D eigenvalue weighted by atomic mass is 10.2. The van der Waals surface area contributed by atoms with Crippen LogP contribution in [0.5, 0.6) is 0 Å². The molecule has 0 aliphatic rings. The molecule has 0 saturated heterocycles. The Morgan fingerprint density at radius 3 is 2.73 bits per heavy atom. The molecule has 4 rings (SSSR count). The average molecular weight is 422 g/mol. The summed E-state index contributed by atoms with van der Waals surface area (Å²) >= 11 is 6.20. The van der Waals surface area contributed by atoms with Crippen LogP contribution in [0.3, 0.4) is 0 Å². The number of carbonyl (C=O) groups is 1. The number of anilines is 1. The lowest BCUT2D eigenvalue weighted by molar-refractivity contribution is 0.102. The molecule has 0 spiro atoms. The quantitative estimate of drug-likeness (QED) is 0.525. The largest absolute Gasteiger partial charge is 0.321 e. The van der Waals surface area contributed by atoms with Gasteiger partial charge in [0, 0.05) is 28.7 Å². The Kier molecular flexibility index (Phi) is 5.37. The maximum atomic E-state index is 12.7. The Balaban J connectivity index is 1.57. The van der Waals surface area contributed by atoms with Crippen LogP contribution in [-0.4, -0.2) is 25.2 Å². The number of amides is 1. The first-order valence-corrected chi connectivity index (χ1v) is 9.88. The molecule has 0 bridgehead atoms. The number of halogens is 1. The minimum absolute atomic E-state index is 0.189. The second-order valence-corrected chi connectivity index (χ2v) is 7.66. The summed E-state index contributed by atoms with van der Waals surface area (Å²) in [4.78, 5) is 29.4. The van der Waals surface area contributed by atoms with Crippen LogP contribution in [0.2, 0.25) is 5.02 Å². The van der Waals surface area contributed by atoms with Crippen LogP contribution in [0.25, 0.3) is 11.0 Å². The molecular weight excluding hydrogens is 402 g/mol. The van der Waals surface area contributed by atoms with Gasteiger partial charge in [-0.1, -0.05) is 29.8 Å². The normalized spacial score (nSPS) is 11.2. The third kappa shape index (κ3) is 3.97. The van der Waals surface area contributed by atoms with Gasteiger partial charge < -0.3 is 9.88 Å². The summed E-state index contributed by atoms with van der Waals surface area (Å²) in [6.45, 7) is 4.34. The van der Waals surface area contributed by atoms with E-state index >= 15 is 0 Å². The molecule has 1 N–H and O–H groups in total. The molecule has 152 valence electrons. The molecule has 3 aromatic heterocycles. The summed E-state index contributed by atoms with van der Waals surface area (Å²) in [6.07, 6.45) is 4.85. The molecule has 4 aromatic rings. The maximum Gasteiger partial charge on any atom is 0.257 e. The minimum Gasteiger partial charge on any atom is -0.321 e. The van der Waals surface area contributed by atoms with Gasteiger partial charge >= 0.3 is 0 Å². The number of nitrogens with one attached hydrogen (secondary N) is 1. The van der Waals surface area contributed by atoms with Gasteiger partial charge in [0.2, 0.25) is 0 Å². The molecule has 30 heavy (non-hydrogen) atoms. The third-order valence-electron chi connectivity index (χ3n) is 4.72. The molecule has 0 unspecified atom stereocenters. The molecule has 3 heterocycles. The van der Waals surface area contributed by atoms with E-state index in [0.29, 0.717) is 16.3 Å². The first-order chi connectivity index (χ1) is 14.4. The first-order valence-electron chi connectivity index (χ1n) is 9.51. The Hall–Kier alpha value is -3.45. The van der Waals surface area contributed by atoms with Gasteiger partial charge in [0.05, 0.1) is 30.2 Å². The number of rotatable bonds is 5. The van der Waals surface area contributed by atoms with Gasteiger partial charge in [-0.15, -0.1) is 0 Å². The Morgan fingerprint density at radius 1 is 1.17 bits per heavy atom. The SMILES string of the molecule is CC(C)n1ncc2cc(NC(=O)c3ccc(=O)n(Cc4ccccc4Cl)c3)cnc21. The standard InChI is InChI=1S/C22H20ClN5O2/c1-14(2)28-21-17(10-25-28)9-18(11-24-21)26-22(30)16-7-8-20(29)27(13-16)12-15-5-3-4-6-19(15)23/h3-11,13-14H,12H2,1-2H3,(H,26,30). The summed E-state index contributed by atoms with van der Waals surface area (Å²) in [5.41, 5.74) is 2.27. The molecule has 0 radical (unpaired) electrons. The Bertz CT molecular complexity index is 1290. The summed E-state index contributed by atoms with van der Waals surface area (Å²) < 4.78 is 3.29. The fraction of sp³-hybridized carbons (Fsp3) is 0.182. The molecular formula is C22H20ClN5O2. The molecule has 0 aliphatic heterocycles. The van der Waals surface area contributed by atoms with Crippen LogP contribution in [0.15, 0.2) is 65.8 Å². The van der Waals surface area contributed by atoms with Gasteiger partial charge in [0.25, 0.3) is 11.5 Å². The minimum atomic E-state index is -0.333. The van der Waals surface area contributed by atoms with E-state index in [1.165, 1.54) is 22.9 Å². The lowest BCUT2D eigenvalue weighted by Crippen LogP contribution is -2.22. The third-order valence-corrected chi connectivity index (χ3v) is 5.09. The van der Waals surface area contributed by atoms with Crippen LogP contribution in [0, 0.1) is 0 Å². The van der Waals surface area contributed by atoms with Gasteiger partial charge in [-0.2, -0.15) is 5.10 Å². The van der Waals surface area contributed by atoms with Crippen LogP contribution >= 0.6 is 11.6 Å². The lowest BCUT2D eigenvalue weighted by Gasteiger charge is -2.10. The highest BCUT2D eigenvalue weighted by Gasteiger charge is 2.12. The highest BCUT2D eigenvalue weighted by Crippen LogP contribution is 2.20. The van der Waals surface area contributed by atoms with E-state index in [1.807, 2.05) is 42.8 Å². The van der Waals surface area contributed by atoms with E-state index in [2.05, 4.69) is 15.4 Å². The maximum absolute atomic E-state index is 12.7. The molecule has 1 amide bonds. The van der Waals surface area contributed by atoms with Crippen LogP contribution < -0.4 is 10.9 Å². The zero-order valence-electron chi connectivity index (χ0n) is 16.5. The van der Waals surface area contributed by atoms with Gasteiger partial charge in [-0.05, 0) is 37.6 Å². The molecule has 0 fully saturated rings. The van der Waals surface area contributed by atoms with Crippen molar-refractivity contribution in [1.82, 2.24) is 19.3 Å². The number of carbonyl (C=O) groups excluding carboxylic acids is 1. The fourth-order valence-corrected chi connectivity index (χ4v) is 3.38. The van der Waals surface area contributed by atoms with Crippen molar-refractivity contribution in [2.45, 2.75) is 26.4 Å². The zero-order valence-corrected chi connectivity index (χ0v) is 17.3. The Morgan fingerprint density at radius 2 is 1.97 bits per heavy atom. The van der Waals surface area contributed by atoms with Crippen LogP contribution in [-0.2, 0) is 6.54 Å². The summed E-state index contributed by atoms with van der Waals surface area (Å²) in [6, 6.07) is 12.2. The van der Waals surface area contributed by atoms with Crippen LogP contribution in [0.1, 0.15) is 35.8 Å². The number of fused-ring (bicyclic) bond motifs is 1. The number of aromatic nitrogens is 4. The molecule has 0 saturated carbocycles. The van der Waals surface area contributed by atoms with E-state index in [0.717, 1.165) is 16.6 Å². The van der Waals surface area contributed by atoms with E-state index in [4.69, 9.17) is 11.6 Å². The zero-order chi connectivity index (χ0) is 21.3. The molecule has 0 aliphatic carbocycles. The number of nitrogens with zero attached hydrogens (tertiary/aromatic N) is 4. The van der Waals surface area contributed by atoms with Crippen molar-refractivity contribution in [3.63, 3.8) is 0 Å². The highest BCUT2D eigenvalue weighted by atomic mass is 35.5. The molecule has 7 nitrogen and oxygen atoms in total. The van der Waals surface area contributed by atoms with Gasteiger partial charge in [0.1, 0.15) is 0 Å². The van der Waals surface area contributed by atoms with E-state index in [1.54, 1.807) is 18.5 Å². The van der Waals surface area contributed by atoms with Crippen LogP contribution in [0.4, 0.5) is 5.69 Å². The van der Waals surface area contributed by atoms with E-state index in [9.17, 15) is 9.59 Å². The van der Waals surface area contributed by atoms with Gasteiger partial charge in [-0.3, -0.25) is 9.59 Å².